The van der Waals surface area contributed by atoms with Crippen LogP contribution in [0.25, 0.3) is 0 Å². The molecular formula is C15H22N2O2. The van der Waals surface area contributed by atoms with Crippen molar-refractivity contribution in [2.75, 3.05) is 26.8 Å². The monoisotopic (exact) mass is 262 g/mol. The van der Waals surface area contributed by atoms with Gasteiger partial charge in [0, 0.05) is 26.2 Å². The van der Waals surface area contributed by atoms with Crippen LogP contribution in [0.2, 0.25) is 0 Å². The van der Waals surface area contributed by atoms with Crippen LogP contribution in [-0.2, 0) is 22.5 Å². The van der Waals surface area contributed by atoms with E-state index in [1.165, 1.54) is 11.1 Å². The smallest absolute Gasteiger partial charge is 0.236 e. The van der Waals surface area contributed by atoms with E-state index >= 15 is 0 Å². The molecule has 4 nitrogen and oxygen atoms in total. The van der Waals surface area contributed by atoms with Crippen LogP contribution in [-0.4, -0.2) is 43.7 Å². The molecule has 104 valence electrons. The van der Waals surface area contributed by atoms with E-state index in [1.807, 2.05) is 17.9 Å². The van der Waals surface area contributed by atoms with Gasteiger partial charge < -0.3 is 15.0 Å². The van der Waals surface area contributed by atoms with Crippen LogP contribution in [0.1, 0.15) is 18.1 Å². The lowest BCUT2D eigenvalue weighted by Crippen LogP contribution is -2.44. The number of ether oxygens (including phenoxy) is 1. The fourth-order valence-electron chi connectivity index (χ4n) is 2.39. The summed E-state index contributed by atoms with van der Waals surface area (Å²) in [5, 5.41) is 3.19. The molecule has 1 amide bonds. The van der Waals surface area contributed by atoms with Crippen LogP contribution in [0, 0.1) is 0 Å². The first-order valence-corrected chi connectivity index (χ1v) is 6.77. The number of methoxy groups -OCH3 is 1. The molecule has 1 aromatic rings. The Morgan fingerprint density at radius 3 is 2.89 bits per heavy atom. The van der Waals surface area contributed by atoms with Crippen molar-refractivity contribution in [3.05, 3.63) is 35.4 Å². The first kappa shape index (κ1) is 14.0. The number of carbonyl (C=O) groups is 1. The molecule has 0 saturated carbocycles. The van der Waals surface area contributed by atoms with Gasteiger partial charge in [-0.3, -0.25) is 4.79 Å². The second-order valence-corrected chi connectivity index (χ2v) is 5.07. The fraction of sp³-hybridized carbons (Fsp3) is 0.533. The van der Waals surface area contributed by atoms with Crippen molar-refractivity contribution in [3.63, 3.8) is 0 Å². The van der Waals surface area contributed by atoms with Crippen LogP contribution < -0.4 is 5.32 Å². The molecule has 19 heavy (non-hydrogen) atoms. The largest absolute Gasteiger partial charge is 0.383 e. The predicted octanol–water partition coefficient (Wildman–Crippen LogP) is 1.20. The quantitative estimate of drug-likeness (QED) is 0.867. The van der Waals surface area contributed by atoms with Crippen molar-refractivity contribution in [2.45, 2.75) is 25.9 Å². The first-order valence-electron chi connectivity index (χ1n) is 6.77. The Kier molecular flexibility index (Phi) is 4.93. The standard InChI is InChI=1S/C15H22N2O2/c1-12(11-19-2)16-9-15(18)17-8-7-13-5-3-4-6-14(13)10-17/h3-6,12,16H,7-11H2,1-2H3. The summed E-state index contributed by atoms with van der Waals surface area (Å²) in [6.45, 7) is 4.57. The van der Waals surface area contributed by atoms with Gasteiger partial charge >= 0.3 is 0 Å². The molecule has 1 aromatic carbocycles. The average Bonchev–Trinajstić information content (AvgIpc) is 2.44. The van der Waals surface area contributed by atoms with Gasteiger partial charge in [0.15, 0.2) is 0 Å². The molecule has 1 aliphatic rings. The summed E-state index contributed by atoms with van der Waals surface area (Å²) in [5.41, 5.74) is 2.64. The van der Waals surface area contributed by atoms with E-state index in [0.717, 1.165) is 19.5 Å². The van der Waals surface area contributed by atoms with Gasteiger partial charge in [0.25, 0.3) is 0 Å². The van der Waals surface area contributed by atoms with Crippen molar-refractivity contribution in [1.82, 2.24) is 10.2 Å². The van der Waals surface area contributed by atoms with Crippen molar-refractivity contribution in [1.29, 1.82) is 0 Å². The molecule has 1 heterocycles. The number of hydrogen-bond donors (Lipinski definition) is 1. The van der Waals surface area contributed by atoms with Crippen molar-refractivity contribution >= 4 is 5.91 Å². The molecular weight excluding hydrogens is 240 g/mol. The molecule has 0 saturated heterocycles. The number of hydrogen-bond acceptors (Lipinski definition) is 3. The molecule has 2 rings (SSSR count). The highest BCUT2D eigenvalue weighted by Crippen LogP contribution is 2.18. The lowest BCUT2D eigenvalue weighted by Gasteiger charge is -2.29. The van der Waals surface area contributed by atoms with Gasteiger partial charge in [-0.15, -0.1) is 0 Å². The third kappa shape index (κ3) is 3.78. The van der Waals surface area contributed by atoms with Gasteiger partial charge in [-0.25, -0.2) is 0 Å². The minimum absolute atomic E-state index is 0.164. The summed E-state index contributed by atoms with van der Waals surface area (Å²) in [7, 11) is 1.67. The van der Waals surface area contributed by atoms with E-state index in [9.17, 15) is 4.79 Å². The van der Waals surface area contributed by atoms with Gasteiger partial charge in [0.05, 0.1) is 13.2 Å². The third-order valence-electron chi connectivity index (χ3n) is 3.50. The van der Waals surface area contributed by atoms with Crippen LogP contribution in [0.5, 0.6) is 0 Å². The van der Waals surface area contributed by atoms with Gasteiger partial charge in [0.2, 0.25) is 5.91 Å². The lowest BCUT2D eigenvalue weighted by atomic mass is 10.00. The molecule has 0 fully saturated rings. The SMILES string of the molecule is COCC(C)NCC(=O)N1CCc2ccccc2C1. The topological polar surface area (TPSA) is 41.6 Å². The number of benzene rings is 1. The number of fused-ring (bicyclic) bond motifs is 1. The number of rotatable bonds is 5. The zero-order valence-electron chi connectivity index (χ0n) is 11.7. The minimum Gasteiger partial charge on any atom is -0.383 e. The molecule has 1 atom stereocenters. The average molecular weight is 262 g/mol. The summed E-state index contributed by atoms with van der Waals surface area (Å²) in [6.07, 6.45) is 0.954. The second kappa shape index (κ2) is 6.68. The highest BCUT2D eigenvalue weighted by Gasteiger charge is 2.20. The van der Waals surface area contributed by atoms with Crippen LogP contribution in [0.15, 0.2) is 24.3 Å². The van der Waals surface area contributed by atoms with E-state index in [4.69, 9.17) is 4.74 Å². The van der Waals surface area contributed by atoms with Gasteiger partial charge in [-0.2, -0.15) is 0 Å². The molecule has 1 aliphatic heterocycles. The van der Waals surface area contributed by atoms with Gasteiger partial charge in [-0.1, -0.05) is 24.3 Å². The third-order valence-corrected chi connectivity index (χ3v) is 3.50. The number of nitrogens with one attached hydrogen (secondary N) is 1. The molecule has 0 bridgehead atoms. The highest BCUT2D eigenvalue weighted by atomic mass is 16.5. The lowest BCUT2D eigenvalue weighted by molar-refractivity contribution is -0.131. The maximum absolute atomic E-state index is 12.1. The Bertz CT molecular complexity index is 434. The molecule has 1 N–H and O–H groups in total. The molecule has 4 heteroatoms. The second-order valence-electron chi connectivity index (χ2n) is 5.07. The minimum atomic E-state index is 0.164. The van der Waals surface area contributed by atoms with Crippen LogP contribution in [0.4, 0.5) is 0 Å². The Morgan fingerprint density at radius 1 is 1.42 bits per heavy atom. The molecule has 0 radical (unpaired) electrons. The van der Waals surface area contributed by atoms with Crippen LogP contribution in [0.3, 0.4) is 0 Å². The highest BCUT2D eigenvalue weighted by molar-refractivity contribution is 5.78. The number of nitrogens with zero attached hydrogens (tertiary/aromatic N) is 1. The van der Waals surface area contributed by atoms with Crippen molar-refractivity contribution < 1.29 is 9.53 Å². The maximum atomic E-state index is 12.1. The van der Waals surface area contributed by atoms with Gasteiger partial charge in [0.1, 0.15) is 0 Å². The zero-order valence-corrected chi connectivity index (χ0v) is 11.7. The first-order chi connectivity index (χ1) is 9.20. The fourth-order valence-corrected chi connectivity index (χ4v) is 2.39. The summed E-state index contributed by atoms with van der Waals surface area (Å²) < 4.78 is 5.04. The summed E-state index contributed by atoms with van der Waals surface area (Å²) >= 11 is 0. The summed E-state index contributed by atoms with van der Waals surface area (Å²) in [4.78, 5) is 14.1. The number of amides is 1. The zero-order chi connectivity index (χ0) is 13.7. The molecule has 0 aliphatic carbocycles. The summed E-state index contributed by atoms with van der Waals surface area (Å²) in [6, 6.07) is 8.55. The maximum Gasteiger partial charge on any atom is 0.236 e. The van der Waals surface area contributed by atoms with Crippen LogP contribution >= 0.6 is 0 Å². The van der Waals surface area contributed by atoms with Crippen molar-refractivity contribution in [2.24, 2.45) is 0 Å². The molecule has 0 aromatic heterocycles. The normalized spacial score (nSPS) is 16.0. The van der Waals surface area contributed by atoms with E-state index in [1.54, 1.807) is 7.11 Å². The van der Waals surface area contributed by atoms with Crippen molar-refractivity contribution in [3.8, 4) is 0 Å². The van der Waals surface area contributed by atoms with E-state index in [-0.39, 0.29) is 11.9 Å². The molecule has 0 spiro atoms. The van der Waals surface area contributed by atoms with E-state index in [0.29, 0.717) is 13.2 Å². The Balaban J connectivity index is 1.85. The predicted molar refractivity (Wildman–Crippen MR) is 74.9 cm³/mol. The Labute approximate surface area is 114 Å². The summed E-state index contributed by atoms with van der Waals surface area (Å²) in [5.74, 6) is 0.164. The molecule has 1 unspecified atom stereocenters. The van der Waals surface area contributed by atoms with E-state index < -0.39 is 0 Å². The van der Waals surface area contributed by atoms with E-state index in [2.05, 4.69) is 23.5 Å². The van der Waals surface area contributed by atoms with Gasteiger partial charge in [-0.05, 0) is 24.5 Å². The Hall–Kier alpha value is -1.39. The Morgan fingerprint density at radius 2 is 2.16 bits per heavy atom. The number of carbonyl (C=O) groups excluding carboxylic acids is 1.